The number of Topliss-reactive ketones (excluding diaryl/α,β-unsaturated/α-hetero) is 1. The number of ketones is 1. The van der Waals surface area contributed by atoms with Crippen molar-refractivity contribution in [3.63, 3.8) is 0 Å². The molecule has 0 aliphatic rings. The smallest absolute Gasteiger partial charge is 0.303 e. The van der Waals surface area contributed by atoms with Crippen molar-refractivity contribution in [3.05, 3.63) is 24.8 Å². The van der Waals surface area contributed by atoms with E-state index in [-0.39, 0.29) is 6.42 Å². The van der Waals surface area contributed by atoms with E-state index in [1.165, 1.54) is 6.92 Å². The van der Waals surface area contributed by atoms with Crippen LogP contribution in [0.4, 0.5) is 0 Å². The minimum atomic E-state index is -1.82. The molecule has 4 nitrogen and oxygen atoms in total. The van der Waals surface area contributed by atoms with E-state index in [0.29, 0.717) is 0 Å². The molecule has 0 rings (SSSR count). The van der Waals surface area contributed by atoms with Gasteiger partial charge in [0, 0.05) is 6.42 Å². The zero-order chi connectivity index (χ0) is 18.3. The lowest BCUT2D eigenvalue weighted by atomic mass is 10.0. The van der Waals surface area contributed by atoms with Gasteiger partial charge in [-0.05, 0) is 56.1 Å². The molecule has 0 aromatic heterocycles. The van der Waals surface area contributed by atoms with Crippen molar-refractivity contribution in [1.82, 2.24) is 0 Å². The van der Waals surface area contributed by atoms with Crippen molar-refractivity contribution in [1.29, 1.82) is 0 Å². The summed E-state index contributed by atoms with van der Waals surface area (Å²) in [4.78, 5) is 21.5. The highest BCUT2D eigenvalue weighted by Gasteiger charge is 2.25. The van der Waals surface area contributed by atoms with Crippen LogP contribution in [0.15, 0.2) is 24.8 Å². The van der Waals surface area contributed by atoms with Crippen molar-refractivity contribution in [2.75, 3.05) is 0 Å². The van der Waals surface area contributed by atoms with Gasteiger partial charge in [0.2, 0.25) is 5.60 Å². The predicted octanol–water partition coefficient (Wildman–Crippen LogP) is 3.26. The lowest BCUT2D eigenvalue weighted by molar-refractivity contribution is -0.137. The minimum Gasteiger partial charge on any atom is -0.481 e. The lowest BCUT2D eigenvalue weighted by Crippen LogP contribution is -2.32. The van der Waals surface area contributed by atoms with E-state index in [9.17, 15) is 14.7 Å². The molecule has 0 aromatic carbocycles. The molecule has 0 bridgehead atoms. The maximum atomic E-state index is 11.2. The minimum absolute atomic E-state index is 0.265. The molecule has 0 fully saturated rings. The summed E-state index contributed by atoms with van der Waals surface area (Å²) in [6.07, 6.45) is 12.1. The number of carbonyl (C=O) groups is 2. The van der Waals surface area contributed by atoms with Crippen molar-refractivity contribution < 1.29 is 19.8 Å². The molecular formula is C20H26O4. The van der Waals surface area contributed by atoms with Crippen LogP contribution >= 0.6 is 0 Å². The van der Waals surface area contributed by atoms with Crippen molar-refractivity contribution in [3.8, 4) is 23.7 Å². The molecule has 0 amide bonds. The van der Waals surface area contributed by atoms with Crippen LogP contribution in [-0.4, -0.2) is 27.6 Å². The highest BCUT2D eigenvalue weighted by atomic mass is 16.4. The van der Waals surface area contributed by atoms with Gasteiger partial charge in [0.15, 0.2) is 5.78 Å². The third kappa shape index (κ3) is 11.3. The van der Waals surface area contributed by atoms with E-state index < -0.39 is 17.4 Å². The topological polar surface area (TPSA) is 74.6 Å². The van der Waals surface area contributed by atoms with E-state index in [0.717, 1.165) is 51.0 Å². The first kappa shape index (κ1) is 21.7. The van der Waals surface area contributed by atoms with Gasteiger partial charge in [-0.25, -0.2) is 0 Å². The number of unbranched alkanes of at least 4 members (excludes halogenated alkanes) is 6. The fourth-order valence-corrected chi connectivity index (χ4v) is 1.87. The Labute approximate surface area is 144 Å². The van der Waals surface area contributed by atoms with Crippen LogP contribution in [0.25, 0.3) is 0 Å². The van der Waals surface area contributed by atoms with E-state index in [4.69, 9.17) is 5.11 Å². The van der Waals surface area contributed by atoms with Gasteiger partial charge in [0.1, 0.15) is 0 Å². The number of carbonyl (C=O) groups excluding carboxylic acids is 1. The molecule has 1 atom stereocenters. The van der Waals surface area contributed by atoms with Crippen LogP contribution < -0.4 is 0 Å². The first-order chi connectivity index (χ1) is 11.4. The zero-order valence-electron chi connectivity index (χ0n) is 14.3. The van der Waals surface area contributed by atoms with Crippen molar-refractivity contribution in [2.24, 2.45) is 0 Å². The van der Waals surface area contributed by atoms with Gasteiger partial charge in [-0.1, -0.05) is 44.3 Å². The number of aliphatic hydroxyl groups is 1. The van der Waals surface area contributed by atoms with Gasteiger partial charge in [0.05, 0.1) is 0 Å². The second-order valence-corrected chi connectivity index (χ2v) is 5.50. The molecule has 24 heavy (non-hydrogen) atoms. The Hall–Kier alpha value is -2.30. The normalized spacial score (nSPS) is 12.4. The molecule has 0 heterocycles. The van der Waals surface area contributed by atoms with Crippen LogP contribution in [0.1, 0.15) is 58.3 Å². The SMILES string of the molecule is C=C[C@](O)(C#CC#C/C=C\CCCCCCCCC(=O)O)C(C)=O. The van der Waals surface area contributed by atoms with Gasteiger partial charge < -0.3 is 10.2 Å². The molecule has 0 saturated heterocycles. The van der Waals surface area contributed by atoms with Crippen LogP contribution in [0.2, 0.25) is 0 Å². The molecule has 0 saturated carbocycles. The number of hydrogen-bond acceptors (Lipinski definition) is 3. The van der Waals surface area contributed by atoms with Gasteiger partial charge >= 0.3 is 5.97 Å². The summed E-state index contributed by atoms with van der Waals surface area (Å²) < 4.78 is 0. The molecule has 0 radical (unpaired) electrons. The number of allylic oxidation sites excluding steroid dienone is 2. The lowest BCUT2D eigenvalue weighted by Gasteiger charge is -2.11. The zero-order valence-corrected chi connectivity index (χ0v) is 14.3. The fourth-order valence-electron chi connectivity index (χ4n) is 1.87. The summed E-state index contributed by atoms with van der Waals surface area (Å²) in [6.45, 7) is 4.63. The Morgan fingerprint density at radius 1 is 1.08 bits per heavy atom. The third-order valence-corrected chi connectivity index (χ3v) is 3.43. The fraction of sp³-hybridized carbons (Fsp3) is 0.500. The van der Waals surface area contributed by atoms with E-state index in [1.807, 2.05) is 6.08 Å². The Morgan fingerprint density at radius 2 is 1.71 bits per heavy atom. The number of hydrogen-bond donors (Lipinski definition) is 2. The highest BCUT2D eigenvalue weighted by Crippen LogP contribution is 2.08. The van der Waals surface area contributed by atoms with Crippen LogP contribution in [0.5, 0.6) is 0 Å². The summed E-state index contributed by atoms with van der Waals surface area (Å²) in [5.41, 5.74) is -1.82. The Bertz CT molecular complexity index is 566. The van der Waals surface area contributed by atoms with Gasteiger partial charge in [0.25, 0.3) is 0 Å². The number of carboxylic acids is 1. The highest BCUT2D eigenvalue weighted by molar-refractivity contribution is 5.90. The molecule has 4 heteroatoms. The van der Waals surface area contributed by atoms with Crippen LogP contribution in [0, 0.1) is 23.7 Å². The Kier molecular flexibility index (Phi) is 11.9. The Morgan fingerprint density at radius 3 is 2.29 bits per heavy atom. The molecule has 0 unspecified atom stereocenters. The summed E-state index contributed by atoms with van der Waals surface area (Å²) in [6, 6.07) is 0. The number of aliphatic carboxylic acids is 1. The average Bonchev–Trinajstić information content (AvgIpc) is 2.54. The summed E-state index contributed by atoms with van der Waals surface area (Å²) in [7, 11) is 0. The summed E-state index contributed by atoms with van der Waals surface area (Å²) >= 11 is 0. The second kappa shape index (κ2) is 13.2. The maximum Gasteiger partial charge on any atom is 0.303 e. The van der Waals surface area contributed by atoms with Gasteiger partial charge in [-0.2, -0.15) is 0 Å². The number of rotatable bonds is 11. The van der Waals surface area contributed by atoms with E-state index in [2.05, 4.69) is 30.3 Å². The summed E-state index contributed by atoms with van der Waals surface area (Å²) in [5.74, 6) is 8.92. The summed E-state index contributed by atoms with van der Waals surface area (Å²) in [5, 5.41) is 18.3. The Balaban J connectivity index is 3.80. The first-order valence-electron chi connectivity index (χ1n) is 8.19. The van der Waals surface area contributed by atoms with Gasteiger partial charge in [-0.3, -0.25) is 9.59 Å². The van der Waals surface area contributed by atoms with Crippen molar-refractivity contribution >= 4 is 11.8 Å². The quantitative estimate of drug-likeness (QED) is 0.346. The van der Waals surface area contributed by atoms with Crippen LogP contribution in [0.3, 0.4) is 0 Å². The van der Waals surface area contributed by atoms with Crippen molar-refractivity contribution in [2.45, 2.75) is 63.9 Å². The van der Waals surface area contributed by atoms with Gasteiger partial charge in [-0.15, -0.1) is 0 Å². The molecule has 2 N–H and O–H groups in total. The standard InChI is InChI=1S/C20H26O4/c1-3-20(24,18(2)21)17-15-13-11-9-7-5-4-6-8-10-12-14-16-19(22)23/h3,7,9,24H,1,4-6,8,10,12,14,16H2,2H3,(H,22,23)/b9-7-/t20-/m0/s1. The van der Waals surface area contributed by atoms with E-state index in [1.54, 1.807) is 6.08 Å². The first-order valence-corrected chi connectivity index (χ1v) is 8.19. The predicted molar refractivity (Wildman–Crippen MR) is 95.1 cm³/mol. The molecule has 130 valence electrons. The monoisotopic (exact) mass is 330 g/mol. The molecule has 0 aliphatic carbocycles. The van der Waals surface area contributed by atoms with Crippen LogP contribution in [-0.2, 0) is 9.59 Å². The molecule has 0 aliphatic heterocycles. The van der Waals surface area contributed by atoms with E-state index >= 15 is 0 Å². The number of carboxylic acid groups (broad SMARTS) is 1. The average molecular weight is 330 g/mol. The molecular weight excluding hydrogens is 304 g/mol. The molecule has 0 spiro atoms. The second-order valence-electron chi connectivity index (χ2n) is 5.50. The largest absolute Gasteiger partial charge is 0.481 e. The maximum absolute atomic E-state index is 11.2. The third-order valence-electron chi connectivity index (χ3n) is 3.43. The molecule has 0 aromatic rings.